The Hall–Kier alpha value is -1.71. The van der Waals surface area contributed by atoms with Crippen molar-refractivity contribution < 1.29 is 0 Å². The quantitative estimate of drug-likeness (QED) is 0.709. The number of fused-ring (bicyclic) bond motifs is 1. The van der Waals surface area contributed by atoms with E-state index in [2.05, 4.69) is 20.3 Å². The molecule has 4 nitrogen and oxygen atoms in total. The Morgan fingerprint density at radius 3 is 2.77 bits per heavy atom. The lowest BCUT2D eigenvalue weighted by molar-refractivity contribution is 1.17. The molecule has 4 heteroatoms. The molecule has 0 radical (unpaired) electrons. The number of rotatable bonds is 1. The summed E-state index contributed by atoms with van der Waals surface area (Å²) in [7, 11) is 1.86. The molecule has 0 fully saturated rings. The minimum absolute atomic E-state index is 0.687. The third-order valence-corrected chi connectivity index (χ3v) is 1.84. The van der Waals surface area contributed by atoms with Gasteiger partial charge in [0.05, 0.1) is 5.69 Å². The molecular formula is C9H10N4. The molecular weight excluding hydrogens is 164 g/mol. The van der Waals surface area contributed by atoms with E-state index in [4.69, 9.17) is 0 Å². The molecule has 2 aromatic heterocycles. The number of pyridine rings is 1. The predicted octanol–water partition coefficient (Wildman–Crippen LogP) is 1.37. The number of aryl methyl sites for hydroxylation is 1. The van der Waals surface area contributed by atoms with E-state index in [1.54, 1.807) is 12.4 Å². The van der Waals surface area contributed by atoms with Gasteiger partial charge in [0.1, 0.15) is 5.52 Å². The van der Waals surface area contributed by atoms with Gasteiger partial charge < -0.3 is 5.32 Å². The van der Waals surface area contributed by atoms with Crippen LogP contribution in [0, 0.1) is 6.92 Å². The summed E-state index contributed by atoms with van der Waals surface area (Å²) in [6.45, 7) is 1.94. The number of anilines is 1. The zero-order valence-electron chi connectivity index (χ0n) is 7.57. The first-order chi connectivity index (χ1) is 6.31. The molecule has 66 valence electrons. The van der Waals surface area contributed by atoms with Crippen molar-refractivity contribution in [3.63, 3.8) is 0 Å². The first-order valence-corrected chi connectivity index (χ1v) is 4.07. The summed E-state index contributed by atoms with van der Waals surface area (Å²) >= 11 is 0. The SMILES string of the molecule is CNc1cc(C)nc2nccnc12. The first kappa shape index (κ1) is 7.91. The van der Waals surface area contributed by atoms with Gasteiger partial charge in [-0.1, -0.05) is 0 Å². The molecule has 0 aliphatic heterocycles. The molecule has 0 saturated carbocycles. The Morgan fingerprint density at radius 1 is 1.23 bits per heavy atom. The van der Waals surface area contributed by atoms with E-state index >= 15 is 0 Å². The van der Waals surface area contributed by atoms with Gasteiger partial charge in [0, 0.05) is 25.1 Å². The van der Waals surface area contributed by atoms with Crippen molar-refractivity contribution in [3.8, 4) is 0 Å². The number of nitrogens with one attached hydrogen (secondary N) is 1. The van der Waals surface area contributed by atoms with Gasteiger partial charge in [-0.05, 0) is 13.0 Å². The molecule has 2 rings (SSSR count). The van der Waals surface area contributed by atoms with Gasteiger partial charge in [-0.25, -0.2) is 15.0 Å². The van der Waals surface area contributed by atoms with Crippen molar-refractivity contribution in [1.82, 2.24) is 15.0 Å². The Kier molecular flexibility index (Phi) is 1.81. The largest absolute Gasteiger partial charge is 0.386 e. The fourth-order valence-corrected chi connectivity index (χ4v) is 1.27. The molecule has 0 aliphatic rings. The second-order valence-corrected chi connectivity index (χ2v) is 2.79. The lowest BCUT2D eigenvalue weighted by Gasteiger charge is -2.04. The van der Waals surface area contributed by atoms with Crippen LogP contribution in [0.15, 0.2) is 18.5 Å². The van der Waals surface area contributed by atoms with Crippen molar-refractivity contribution in [2.24, 2.45) is 0 Å². The van der Waals surface area contributed by atoms with Crippen LogP contribution in [0.2, 0.25) is 0 Å². The topological polar surface area (TPSA) is 50.7 Å². The Bertz CT molecular complexity index is 439. The van der Waals surface area contributed by atoms with E-state index in [1.165, 1.54) is 0 Å². The Balaban J connectivity index is 2.81. The number of hydrogen-bond acceptors (Lipinski definition) is 4. The van der Waals surface area contributed by atoms with Gasteiger partial charge in [-0.2, -0.15) is 0 Å². The molecule has 0 atom stereocenters. The van der Waals surface area contributed by atoms with Crippen LogP contribution in [-0.4, -0.2) is 22.0 Å². The van der Waals surface area contributed by atoms with Crippen LogP contribution in [0.1, 0.15) is 5.69 Å². The van der Waals surface area contributed by atoms with E-state index in [9.17, 15) is 0 Å². The molecule has 0 aliphatic carbocycles. The van der Waals surface area contributed by atoms with Crippen LogP contribution in [0.3, 0.4) is 0 Å². The predicted molar refractivity (Wildman–Crippen MR) is 51.6 cm³/mol. The molecule has 0 aromatic carbocycles. The second-order valence-electron chi connectivity index (χ2n) is 2.79. The molecule has 2 heterocycles. The van der Waals surface area contributed by atoms with Crippen molar-refractivity contribution in [2.75, 3.05) is 12.4 Å². The molecule has 0 saturated heterocycles. The summed E-state index contributed by atoms with van der Waals surface area (Å²) in [6, 6.07) is 1.96. The fraction of sp³-hybridized carbons (Fsp3) is 0.222. The summed E-state index contributed by atoms with van der Waals surface area (Å²) < 4.78 is 0. The number of aromatic nitrogens is 3. The number of nitrogens with zero attached hydrogens (tertiary/aromatic N) is 3. The highest BCUT2D eigenvalue weighted by Crippen LogP contribution is 2.17. The maximum absolute atomic E-state index is 4.27. The summed E-state index contributed by atoms with van der Waals surface area (Å²) in [5, 5.41) is 3.07. The van der Waals surface area contributed by atoms with Crippen molar-refractivity contribution in [1.29, 1.82) is 0 Å². The second kappa shape index (κ2) is 2.97. The van der Waals surface area contributed by atoms with Gasteiger partial charge >= 0.3 is 0 Å². The van der Waals surface area contributed by atoms with Gasteiger partial charge in [-0.3, -0.25) is 0 Å². The van der Waals surface area contributed by atoms with Crippen molar-refractivity contribution in [2.45, 2.75) is 6.92 Å². The van der Waals surface area contributed by atoms with Gasteiger partial charge in [0.2, 0.25) is 0 Å². The zero-order valence-corrected chi connectivity index (χ0v) is 7.57. The van der Waals surface area contributed by atoms with Gasteiger partial charge in [0.25, 0.3) is 0 Å². The summed E-state index contributed by atoms with van der Waals surface area (Å²) in [5.74, 6) is 0. The average Bonchev–Trinajstić information content (AvgIpc) is 2.16. The molecule has 0 amide bonds. The fourth-order valence-electron chi connectivity index (χ4n) is 1.27. The third-order valence-electron chi connectivity index (χ3n) is 1.84. The third kappa shape index (κ3) is 1.30. The van der Waals surface area contributed by atoms with Crippen molar-refractivity contribution in [3.05, 3.63) is 24.2 Å². The van der Waals surface area contributed by atoms with E-state index in [0.29, 0.717) is 5.65 Å². The van der Waals surface area contributed by atoms with Gasteiger partial charge in [-0.15, -0.1) is 0 Å². The van der Waals surface area contributed by atoms with Crippen LogP contribution < -0.4 is 5.32 Å². The highest BCUT2D eigenvalue weighted by Gasteiger charge is 2.03. The summed E-state index contributed by atoms with van der Waals surface area (Å²) in [6.07, 6.45) is 3.31. The summed E-state index contributed by atoms with van der Waals surface area (Å²) in [5.41, 5.74) is 3.41. The van der Waals surface area contributed by atoms with E-state index < -0.39 is 0 Å². The summed E-state index contributed by atoms with van der Waals surface area (Å²) in [4.78, 5) is 12.6. The monoisotopic (exact) mass is 174 g/mol. The lowest BCUT2D eigenvalue weighted by Crippen LogP contribution is -1.96. The Labute approximate surface area is 76.1 Å². The zero-order chi connectivity index (χ0) is 9.26. The first-order valence-electron chi connectivity index (χ1n) is 4.07. The highest BCUT2D eigenvalue weighted by atomic mass is 14.9. The molecule has 2 aromatic rings. The number of hydrogen-bond donors (Lipinski definition) is 1. The standard InChI is InChI=1S/C9H10N4/c1-6-5-7(10-2)8-9(13-6)12-4-3-11-8/h3-5H,1-2H3,(H,10,12,13). The van der Waals surface area contributed by atoms with Gasteiger partial charge in [0.15, 0.2) is 5.65 Å². The van der Waals surface area contributed by atoms with E-state index in [0.717, 1.165) is 16.9 Å². The van der Waals surface area contributed by atoms with Crippen LogP contribution >= 0.6 is 0 Å². The average molecular weight is 174 g/mol. The maximum atomic E-state index is 4.27. The molecule has 0 unspecified atom stereocenters. The van der Waals surface area contributed by atoms with Crippen LogP contribution in [-0.2, 0) is 0 Å². The van der Waals surface area contributed by atoms with E-state index in [-0.39, 0.29) is 0 Å². The minimum Gasteiger partial charge on any atom is -0.386 e. The molecule has 0 bridgehead atoms. The van der Waals surface area contributed by atoms with Crippen LogP contribution in [0.25, 0.3) is 11.2 Å². The smallest absolute Gasteiger partial charge is 0.180 e. The van der Waals surface area contributed by atoms with Crippen LogP contribution in [0.5, 0.6) is 0 Å². The Morgan fingerprint density at radius 2 is 2.00 bits per heavy atom. The normalized spacial score (nSPS) is 10.3. The van der Waals surface area contributed by atoms with Crippen molar-refractivity contribution >= 4 is 16.9 Å². The molecule has 13 heavy (non-hydrogen) atoms. The minimum atomic E-state index is 0.687. The highest BCUT2D eigenvalue weighted by molar-refractivity contribution is 5.84. The van der Waals surface area contributed by atoms with Crippen LogP contribution in [0.4, 0.5) is 5.69 Å². The molecule has 1 N–H and O–H groups in total. The lowest BCUT2D eigenvalue weighted by atomic mass is 10.3. The molecule has 0 spiro atoms. The van der Waals surface area contributed by atoms with E-state index in [1.807, 2.05) is 20.0 Å². The maximum Gasteiger partial charge on any atom is 0.180 e.